The number of benzene rings is 1. The highest BCUT2D eigenvalue weighted by molar-refractivity contribution is 9.10. The summed E-state index contributed by atoms with van der Waals surface area (Å²) in [5.41, 5.74) is 0.283. The Balaban J connectivity index is 2.22. The number of rotatable bonds is 2. The van der Waals surface area contributed by atoms with E-state index < -0.39 is 4.92 Å². The highest BCUT2D eigenvalue weighted by atomic mass is 79.9. The summed E-state index contributed by atoms with van der Waals surface area (Å²) in [5.74, 6) is -0.148. The molecule has 0 bridgehead atoms. The Labute approximate surface area is 125 Å². The largest absolute Gasteiger partial charge is 0.337 e. The molecule has 1 saturated heterocycles. The fourth-order valence-corrected chi connectivity index (χ4v) is 2.72. The Morgan fingerprint density at radius 2 is 2.00 bits per heavy atom. The number of nitro benzene ring substituents is 1. The van der Waals surface area contributed by atoms with Gasteiger partial charge >= 0.3 is 0 Å². The molecule has 0 aliphatic carbocycles. The van der Waals surface area contributed by atoms with E-state index in [4.69, 9.17) is 0 Å². The zero-order chi connectivity index (χ0) is 14.7. The van der Waals surface area contributed by atoms with E-state index in [1.54, 1.807) is 11.0 Å². The van der Waals surface area contributed by atoms with Crippen molar-refractivity contribution < 1.29 is 9.72 Å². The van der Waals surface area contributed by atoms with Gasteiger partial charge < -0.3 is 9.80 Å². The lowest BCUT2D eigenvalue weighted by atomic mass is 10.1. The van der Waals surface area contributed by atoms with Crippen LogP contribution in [0.4, 0.5) is 5.69 Å². The summed E-state index contributed by atoms with van der Waals surface area (Å²) >= 11 is 3.22. The molecule has 1 aliphatic heterocycles. The maximum absolute atomic E-state index is 12.5. The van der Waals surface area contributed by atoms with E-state index in [2.05, 4.69) is 20.8 Å². The van der Waals surface area contributed by atoms with Crippen LogP contribution < -0.4 is 0 Å². The fourth-order valence-electron chi connectivity index (χ4n) is 2.24. The first kappa shape index (κ1) is 14.9. The predicted molar refractivity (Wildman–Crippen MR) is 78.8 cm³/mol. The number of amides is 1. The molecule has 0 unspecified atom stereocenters. The summed E-state index contributed by atoms with van der Waals surface area (Å²) in [5, 5.41) is 10.9. The topological polar surface area (TPSA) is 66.7 Å². The number of halogens is 1. The molecular formula is C13H16BrN3O3. The van der Waals surface area contributed by atoms with Gasteiger partial charge in [0.05, 0.1) is 4.92 Å². The molecule has 1 aliphatic rings. The zero-order valence-electron chi connectivity index (χ0n) is 11.2. The maximum Gasteiger partial charge on any atom is 0.271 e. The summed E-state index contributed by atoms with van der Waals surface area (Å²) in [6.45, 7) is 3.11. The molecule has 0 N–H and O–H groups in total. The SMILES string of the molecule is CN1CCCN(C(=O)c2cc(Br)cc([N+](=O)[O-])c2)CC1. The molecule has 0 spiro atoms. The van der Waals surface area contributed by atoms with Crippen LogP contribution in [0, 0.1) is 10.1 Å². The van der Waals surface area contributed by atoms with Crippen LogP contribution in [-0.4, -0.2) is 53.9 Å². The molecule has 0 aromatic heterocycles. The first-order valence-electron chi connectivity index (χ1n) is 6.40. The van der Waals surface area contributed by atoms with Crippen LogP contribution in [0.3, 0.4) is 0 Å². The van der Waals surface area contributed by atoms with Gasteiger partial charge in [-0.25, -0.2) is 0 Å². The van der Waals surface area contributed by atoms with Crippen LogP contribution in [-0.2, 0) is 0 Å². The van der Waals surface area contributed by atoms with Crippen LogP contribution in [0.15, 0.2) is 22.7 Å². The van der Waals surface area contributed by atoms with Gasteiger partial charge in [0.25, 0.3) is 11.6 Å². The highest BCUT2D eigenvalue weighted by Gasteiger charge is 2.21. The predicted octanol–water partition coefficient (Wildman–Crippen LogP) is 2.13. The third kappa shape index (κ3) is 3.55. The molecule has 7 heteroatoms. The molecule has 0 radical (unpaired) electrons. The van der Waals surface area contributed by atoms with Crippen molar-refractivity contribution in [1.29, 1.82) is 0 Å². The second kappa shape index (κ2) is 6.32. The Kier molecular flexibility index (Phi) is 4.72. The van der Waals surface area contributed by atoms with E-state index in [0.717, 1.165) is 19.5 Å². The molecule has 0 atom stereocenters. The molecular weight excluding hydrogens is 326 g/mol. The van der Waals surface area contributed by atoms with Crippen molar-refractivity contribution in [2.24, 2.45) is 0 Å². The van der Waals surface area contributed by atoms with E-state index in [1.807, 2.05) is 7.05 Å². The lowest BCUT2D eigenvalue weighted by Gasteiger charge is -2.20. The summed E-state index contributed by atoms with van der Waals surface area (Å²) in [4.78, 5) is 26.8. The van der Waals surface area contributed by atoms with Gasteiger partial charge in [-0.15, -0.1) is 0 Å². The lowest BCUT2D eigenvalue weighted by molar-refractivity contribution is -0.385. The maximum atomic E-state index is 12.5. The van der Waals surface area contributed by atoms with Crippen molar-refractivity contribution in [2.45, 2.75) is 6.42 Å². The van der Waals surface area contributed by atoms with Crippen molar-refractivity contribution in [2.75, 3.05) is 33.2 Å². The van der Waals surface area contributed by atoms with Gasteiger partial charge in [0.1, 0.15) is 0 Å². The molecule has 2 rings (SSSR count). The number of likely N-dealkylation sites (N-methyl/N-ethyl adjacent to an activating group) is 1. The molecule has 0 saturated carbocycles. The number of non-ortho nitro benzene ring substituents is 1. The minimum absolute atomic E-state index is 0.0744. The number of hydrogen-bond donors (Lipinski definition) is 0. The van der Waals surface area contributed by atoms with Gasteiger partial charge in [-0.05, 0) is 26.1 Å². The monoisotopic (exact) mass is 341 g/mol. The first-order chi connectivity index (χ1) is 9.47. The number of nitrogens with zero attached hydrogens (tertiary/aromatic N) is 3. The fraction of sp³-hybridized carbons (Fsp3) is 0.462. The molecule has 108 valence electrons. The van der Waals surface area contributed by atoms with Gasteiger partial charge in [-0.1, -0.05) is 15.9 Å². The van der Waals surface area contributed by atoms with E-state index >= 15 is 0 Å². The first-order valence-corrected chi connectivity index (χ1v) is 7.19. The number of hydrogen-bond acceptors (Lipinski definition) is 4. The van der Waals surface area contributed by atoms with Crippen molar-refractivity contribution in [3.8, 4) is 0 Å². The standard InChI is InChI=1S/C13H16BrN3O3/c1-15-3-2-4-16(6-5-15)13(18)10-7-11(14)9-12(8-10)17(19)20/h7-9H,2-6H2,1H3. The van der Waals surface area contributed by atoms with Gasteiger partial charge in [-0.3, -0.25) is 14.9 Å². The Morgan fingerprint density at radius 1 is 1.25 bits per heavy atom. The minimum atomic E-state index is -0.488. The minimum Gasteiger partial charge on any atom is -0.337 e. The molecule has 6 nitrogen and oxygen atoms in total. The molecule has 1 aromatic rings. The van der Waals surface area contributed by atoms with Gasteiger partial charge in [0.15, 0.2) is 0 Å². The van der Waals surface area contributed by atoms with Crippen LogP contribution >= 0.6 is 15.9 Å². The van der Waals surface area contributed by atoms with Crippen LogP contribution in [0.2, 0.25) is 0 Å². The molecule has 20 heavy (non-hydrogen) atoms. The van der Waals surface area contributed by atoms with Crippen LogP contribution in [0.5, 0.6) is 0 Å². The average Bonchev–Trinajstić information content (AvgIpc) is 2.62. The molecule has 1 fully saturated rings. The summed E-state index contributed by atoms with van der Waals surface area (Å²) in [6, 6.07) is 4.36. The zero-order valence-corrected chi connectivity index (χ0v) is 12.8. The average molecular weight is 342 g/mol. The smallest absolute Gasteiger partial charge is 0.271 e. The van der Waals surface area contributed by atoms with Crippen molar-refractivity contribution in [1.82, 2.24) is 9.80 Å². The second-order valence-electron chi connectivity index (χ2n) is 4.90. The summed E-state index contributed by atoms with van der Waals surface area (Å²) in [7, 11) is 2.03. The van der Waals surface area contributed by atoms with Gasteiger partial charge in [0.2, 0.25) is 0 Å². The summed E-state index contributed by atoms with van der Waals surface area (Å²) in [6.07, 6.45) is 0.915. The Hall–Kier alpha value is -1.47. The van der Waals surface area contributed by atoms with Gasteiger partial charge in [-0.2, -0.15) is 0 Å². The quantitative estimate of drug-likeness (QED) is 0.610. The van der Waals surface area contributed by atoms with Crippen LogP contribution in [0.1, 0.15) is 16.8 Å². The number of carbonyl (C=O) groups is 1. The third-order valence-corrected chi connectivity index (χ3v) is 3.80. The number of carbonyl (C=O) groups excluding carboxylic acids is 1. The van der Waals surface area contributed by atoms with Crippen LogP contribution in [0.25, 0.3) is 0 Å². The number of nitro groups is 1. The Bertz CT molecular complexity index is 536. The van der Waals surface area contributed by atoms with Gasteiger partial charge in [0, 0.05) is 41.8 Å². The van der Waals surface area contributed by atoms with E-state index in [-0.39, 0.29) is 11.6 Å². The highest BCUT2D eigenvalue weighted by Crippen LogP contribution is 2.22. The lowest BCUT2D eigenvalue weighted by Crippen LogP contribution is -2.34. The normalized spacial score (nSPS) is 16.8. The van der Waals surface area contributed by atoms with E-state index in [0.29, 0.717) is 23.1 Å². The molecule has 1 amide bonds. The molecule has 1 heterocycles. The van der Waals surface area contributed by atoms with Crippen molar-refractivity contribution >= 4 is 27.5 Å². The van der Waals surface area contributed by atoms with E-state index in [9.17, 15) is 14.9 Å². The molecule has 1 aromatic carbocycles. The van der Waals surface area contributed by atoms with Crippen molar-refractivity contribution in [3.63, 3.8) is 0 Å². The second-order valence-corrected chi connectivity index (χ2v) is 5.82. The van der Waals surface area contributed by atoms with Crippen molar-refractivity contribution in [3.05, 3.63) is 38.3 Å². The third-order valence-electron chi connectivity index (χ3n) is 3.35. The van der Waals surface area contributed by atoms with E-state index in [1.165, 1.54) is 12.1 Å². The summed E-state index contributed by atoms with van der Waals surface area (Å²) < 4.78 is 0.544. The Morgan fingerprint density at radius 3 is 2.70 bits per heavy atom.